The van der Waals surface area contributed by atoms with Crippen LogP contribution in [0.3, 0.4) is 0 Å². The van der Waals surface area contributed by atoms with Crippen LogP contribution < -0.4 is 10.6 Å². The van der Waals surface area contributed by atoms with Crippen LogP contribution in [0.2, 0.25) is 0 Å². The topological polar surface area (TPSA) is 127 Å². The molecule has 0 fully saturated rings. The van der Waals surface area contributed by atoms with Gasteiger partial charge in [-0.1, -0.05) is 0 Å². The van der Waals surface area contributed by atoms with Crippen LogP contribution in [0.5, 0.6) is 0 Å². The summed E-state index contributed by atoms with van der Waals surface area (Å²) in [4.78, 5) is 49.2. The summed E-state index contributed by atoms with van der Waals surface area (Å²) in [7, 11) is 0. The minimum absolute atomic E-state index is 0.00683. The molecule has 0 aliphatic carbocycles. The largest absolute Gasteiger partial charge is 0.461 e. The molecule has 150 valence electrons. The number of nitrogens with one attached hydrogen (secondary N) is 3. The van der Waals surface area contributed by atoms with Gasteiger partial charge in [-0.2, -0.15) is 13.2 Å². The van der Waals surface area contributed by atoms with Crippen molar-refractivity contribution in [3.63, 3.8) is 0 Å². The second kappa shape index (κ2) is 9.05. The van der Waals surface area contributed by atoms with Crippen LogP contribution in [-0.2, 0) is 14.3 Å². The van der Waals surface area contributed by atoms with Gasteiger partial charge in [0.2, 0.25) is 0 Å². The number of imide groups is 1. The van der Waals surface area contributed by atoms with E-state index < -0.39 is 43.2 Å². The minimum Gasteiger partial charge on any atom is -0.461 e. The summed E-state index contributed by atoms with van der Waals surface area (Å²) in [6, 6.07) is -1.38. The van der Waals surface area contributed by atoms with Gasteiger partial charge < -0.3 is 19.8 Å². The number of H-pyrrole nitrogens is 1. The SMILES string of the molecule is CCOC(=O)c1[nH]c(C)c(C(=O)OCC(=O)NC(=O)NCC(F)(F)F)c1C. The molecule has 0 atom stereocenters. The number of aryl methyl sites for hydroxylation is 1. The van der Waals surface area contributed by atoms with E-state index >= 15 is 0 Å². The normalized spacial score (nSPS) is 10.9. The van der Waals surface area contributed by atoms with Crippen molar-refractivity contribution in [3.8, 4) is 0 Å². The van der Waals surface area contributed by atoms with E-state index in [0.717, 1.165) is 0 Å². The molecule has 0 aliphatic heterocycles. The zero-order valence-corrected chi connectivity index (χ0v) is 14.7. The van der Waals surface area contributed by atoms with E-state index in [4.69, 9.17) is 9.47 Å². The first kappa shape index (κ1) is 22.0. The summed E-state index contributed by atoms with van der Waals surface area (Å²) in [6.07, 6.45) is -4.63. The highest BCUT2D eigenvalue weighted by Gasteiger charge is 2.28. The molecule has 0 saturated heterocycles. The monoisotopic (exact) mass is 393 g/mol. The van der Waals surface area contributed by atoms with E-state index in [1.165, 1.54) is 19.2 Å². The van der Waals surface area contributed by atoms with Crippen LogP contribution in [0, 0.1) is 13.8 Å². The molecular formula is C15H18F3N3O6. The maximum Gasteiger partial charge on any atom is 0.405 e. The second-order valence-corrected chi connectivity index (χ2v) is 5.27. The van der Waals surface area contributed by atoms with Crippen LogP contribution in [0.25, 0.3) is 0 Å². The maximum absolute atomic E-state index is 12.1. The number of rotatable bonds is 6. The van der Waals surface area contributed by atoms with Crippen molar-refractivity contribution in [1.82, 2.24) is 15.6 Å². The van der Waals surface area contributed by atoms with Crippen molar-refractivity contribution in [2.45, 2.75) is 26.9 Å². The number of amides is 3. The quantitative estimate of drug-likeness (QED) is 0.627. The van der Waals surface area contributed by atoms with Crippen LogP contribution in [-0.4, -0.2) is 54.8 Å². The molecular weight excluding hydrogens is 375 g/mol. The first-order valence-electron chi connectivity index (χ1n) is 7.64. The molecule has 27 heavy (non-hydrogen) atoms. The first-order valence-corrected chi connectivity index (χ1v) is 7.64. The molecule has 0 saturated carbocycles. The number of hydrogen-bond donors (Lipinski definition) is 3. The van der Waals surface area contributed by atoms with Crippen LogP contribution in [0.4, 0.5) is 18.0 Å². The van der Waals surface area contributed by atoms with Crippen molar-refractivity contribution in [2.24, 2.45) is 0 Å². The Bertz CT molecular complexity index is 742. The van der Waals surface area contributed by atoms with Crippen molar-refractivity contribution in [3.05, 3.63) is 22.5 Å². The molecule has 0 radical (unpaired) electrons. The lowest BCUT2D eigenvalue weighted by Crippen LogP contribution is -2.44. The molecule has 0 unspecified atom stereocenters. The number of hydrogen-bond acceptors (Lipinski definition) is 6. The number of esters is 2. The van der Waals surface area contributed by atoms with Gasteiger partial charge in [-0.05, 0) is 26.3 Å². The predicted molar refractivity (Wildman–Crippen MR) is 84.1 cm³/mol. The van der Waals surface area contributed by atoms with Crippen LogP contribution in [0.15, 0.2) is 0 Å². The molecule has 0 bridgehead atoms. The van der Waals surface area contributed by atoms with Crippen molar-refractivity contribution in [1.29, 1.82) is 0 Å². The molecule has 0 spiro atoms. The summed E-state index contributed by atoms with van der Waals surface area (Å²) in [6.45, 7) is 2.18. The number of alkyl halides is 3. The van der Waals surface area contributed by atoms with E-state index in [1.807, 2.05) is 0 Å². The Hall–Kier alpha value is -3.05. The third-order valence-corrected chi connectivity index (χ3v) is 3.16. The summed E-state index contributed by atoms with van der Waals surface area (Å²) < 4.78 is 45.4. The summed E-state index contributed by atoms with van der Waals surface area (Å²) in [5, 5.41) is 3.01. The highest BCUT2D eigenvalue weighted by atomic mass is 19.4. The molecule has 12 heteroatoms. The fraction of sp³-hybridized carbons (Fsp3) is 0.467. The Morgan fingerprint density at radius 1 is 1.07 bits per heavy atom. The van der Waals surface area contributed by atoms with Gasteiger partial charge in [0.15, 0.2) is 6.61 Å². The van der Waals surface area contributed by atoms with Crippen molar-refractivity contribution < 1.29 is 41.8 Å². The molecule has 1 aromatic heterocycles. The highest BCUT2D eigenvalue weighted by molar-refractivity contribution is 6.00. The summed E-state index contributed by atoms with van der Waals surface area (Å²) in [5.41, 5.74) is 0.604. The Balaban J connectivity index is 2.63. The first-order chi connectivity index (χ1) is 12.5. The average molecular weight is 393 g/mol. The van der Waals surface area contributed by atoms with E-state index in [-0.39, 0.29) is 23.4 Å². The van der Waals surface area contributed by atoms with E-state index in [9.17, 15) is 32.3 Å². The van der Waals surface area contributed by atoms with Gasteiger partial charge in [0, 0.05) is 5.69 Å². The third-order valence-electron chi connectivity index (χ3n) is 3.16. The van der Waals surface area contributed by atoms with Gasteiger partial charge in [0.25, 0.3) is 5.91 Å². The number of aromatic nitrogens is 1. The number of aromatic amines is 1. The van der Waals surface area contributed by atoms with Crippen molar-refractivity contribution in [2.75, 3.05) is 19.8 Å². The summed E-state index contributed by atoms with van der Waals surface area (Å²) >= 11 is 0. The van der Waals surface area contributed by atoms with Gasteiger partial charge in [0.1, 0.15) is 12.2 Å². The fourth-order valence-corrected chi connectivity index (χ4v) is 2.05. The lowest BCUT2D eigenvalue weighted by molar-refractivity contribution is -0.125. The Labute approximate surface area is 151 Å². The summed E-state index contributed by atoms with van der Waals surface area (Å²) in [5.74, 6) is -2.75. The van der Waals surface area contributed by atoms with Gasteiger partial charge in [-0.25, -0.2) is 14.4 Å². The van der Waals surface area contributed by atoms with Crippen LogP contribution >= 0.6 is 0 Å². The zero-order valence-electron chi connectivity index (χ0n) is 14.7. The number of carbonyl (C=O) groups is 4. The molecule has 0 aliphatic rings. The van der Waals surface area contributed by atoms with Gasteiger partial charge in [0.05, 0.1) is 12.2 Å². The molecule has 1 heterocycles. The molecule has 0 aromatic carbocycles. The van der Waals surface area contributed by atoms with E-state index in [0.29, 0.717) is 5.69 Å². The van der Waals surface area contributed by atoms with E-state index in [2.05, 4.69) is 4.98 Å². The van der Waals surface area contributed by atoms with Crippen molar-refractivity contribution >= 4 is 23.9 Å². The Kier molecular flexibility index (Phi) is 7.37. The lowest BCUT2D eigenvalue weighted by Gasteiger charge is -2.09. The number of urea groups is 1. The maximum atomic E-state index is 12.1. The Morgan fingerprint density at radius 3 is 2.26 bits per heavy atom. The van der Waals surface area contributed by atoms with Gasteiger partial charge in [-0.15, -0.1) is 0 Å². The van der Waals surface area contributed by atoms with E-state index in [1.54, 1.807) is 12.2 Å². The lowest BCUT2D eigenvalue weighted by atomic mass is 10.1. The molecule has 3 N–H and O–H groups in total. The Morgan fingerprint density at radius 2 is 1.70 bits per heavy atom. The second-order valence-electron chi connectivity index (χ2n) is 5.27. The molecule has 3 amide bonds. The van der Waals surface area contributed by atoms with Gasteiger partial charge >= 0.3 is 24.1 Å². The standard InChI is InChI=1S/C15H18F3N3O6/c1-4-26-13(24)11-7(2)10(8(3)20-11)12(23)27-5-9(22)21-14(25)19-6-15(16,17)18/h20H,4-6H2,1-3H3,(H2,19,21,22,25). The predicted octanol–water partition coefficient (Wildman–Crippen LogP) is 1.35. The number of halogens is 3. The average Bonchev–Trinajstić information content (AvgIpc) is 2.85. The van der Waals surface area contributed by atoms with Gasteiger partial charge in [-0.3, -0.25) is 10.1 Å². The molecule has 1 rings (SSSR count). The zero-order chi connectivity index (χ0) is 20.8. The molecule has 9 nitrogen and oxygen atoms in total. The number of ether oxygens (including phenoxy) is 2. The minimum atomic E-state index is -4.63. The highest BCUT2D eigenvalue weighted by Crippen LogP contribution is 2.19. The smallest absolute Gasteiger partial charge is 0.405 e. The fourth-order valence-electron chi connectivity index (χ4n) is 2.05. The number of carbonyl (C=O) groups excluding carboxylic acids is 4. The third kappa shape index (κ3) is 6.64. The molecule has 1 aromatic rings. The van der Waals surface area contributed by atoms with Crippen LogP contribution in [0.1, 0.15) is 39.0 Å².